The van der Waals surface area contributed by atoms with Crippen molar-refractivity contribution in [2.75, 3.05) is 13.7 Å². The molecule has 0 fully saturated rings. The van der Waals surface area contributed by atoms with Gasteiger partial charge in [-0.3, -0.25) is 0 Å². The molecule has 74 valence electrons. The standard InChI is InChI=1S/C11H12BrNO/c1-9-7-10(12)8-11(13-9)5-3-4-6-14-2/h7-8H,4,6H2,1-2H3. The number of nitrogens with zero attached hydrogens (tertiary/aromatic N) is 1. The van der Waals surface area contributed by atoms with E-state index in [0.29, 0.717) is 6.61 Å². The van der Waals surface area contributed by atoms with Gasteiger partial charge in [-0.15, -0.1) is 0 Å². The first kappa shape index (κ1) is 11.2. The third kappa shape index (κ3) is 3.91. The van der Waals surface area contributed by atoms with Crippen LogP contribution in [0.5, 0.6) is 0 Å². The van der Waals surface area contributed by atoms with Crippen molar-refractivity contribution in [3.05, 3.63) is 28.0 Å². The van der Waals surface area contributed by atoms with Crippen molar-refractivity contribution in [3.63, 3.8) is 0 Å². The number of aryl methyl sites for hydroxylation is 1. The second-order valence-electron chi connectivity index (χ2n) is 2.86. The normalized spacial score (nSPS) is 9.36. The minimum Gasteiger partial charge on any atom is -0.384 e. The van der Waals surface area contributed by atoms with Crippen LogP contribution in [0.15, 0.2) is 16.6 Å². The first-order chi connectivity index (χ1) is 6.72. The molecule has 0 bridgehead atoms. The van der Waals surface area contributed by atoms with E-state index in [1.165, 1.54) is 0 Å². The van der Waals surface area contributed by atoms with Gasteiger partial charge in [0.15, 0.2) is 0 Å². The van der Waals surface area contributed by atoms with Crippen LogP contribution in [0.1, 0.15) is 17.8 Å². The highest BCUT2D eigenvalue weighted by Crippen LogP contribution is 2.11. The fraction of sp³-hybridized carbons (Fsp3) is 0.364. The van der Waals surface area contributed by atoms with Crippen molar-refractivity contribution in [1.29, 1.82) is 0 Å². The summed E-state index contributed by atoms with van der Waals surface area (Å²) in [4.78, 5) is 4.29. The van der Waals surface area contributed by atoms with E-state index in [4.69, 9.17) is 4.74 Å². The van der Waals surface area contributed by atoms with Gasteiger partial charge in [0.1, 0.15) is 5.69 Å². The van der Waals surface area contributed by atoms with Gasteiger partial charge >= 0.3 is 0 Å². The molecule has 3 heteroatoms. The van der Waals surface area contributed by atoms with Gasteiger partial charge in [-0.25, -0.2) is 4.98 Å². The summed E-state index contributed by atoms with van der Waals surface area (Å²) >= 11 is 3.40. The SMILES string of the molecule is COCCC#Cc1cc(Br)cc(C)n1. The number of hydrogen-bond donors (Lipinski definition) is 0. The molecular weight excluding hydrogens is 242 g/mol. The Bertz CT molecular complexity index is 345. The van der Waals surface area contributed by atoms with Crippen molar-refractivity contribution < 1.29 is 4.74 Å². The molecule has 0 amide bonds. The van der Waals surface area contributed by atoms with Gasteiger partial charge in [-0.05, 0) is 25.0 Å². The molecule has 0 aromatic carbocycles. The molecule has 1 rings (SSSR count). The summed E-state index contributed by atoms with van der Waals surface area (Å²) in [6.45, 7) is 2.62. The lowest BCUT2D eigenvalue weighted by Gasteiger charge is -1.95. The van der Waals surface area contributed by atoms with Crippen LogP contribution in [0.2, 0.25) is 0 Å². The summed E-state index contributed by atoms with van der Waals surface area (Å²) < 4.78 is 5.91. The Kier molecular flexibility index (Phi) is 4.64. The smallest absolute Gasteiger partial charge is 0.114 e. The van der Waals surface area contributed by atoms with Crippen molar-refractivity contribution in [2.24, 2.45) is 0 Å². The number of rotatable bonds is 2. The fourth-order valence-electron chi connectivity index (χ4n) is 0.997. The van der Waals surface area contributed by atoms with Gasteiger partial charge in [0.25, 0.3) is 0 Å². The van der Waals surface area contributed by atoms with E-state index in [1.54, 1.807) is 7.11 Å². The molecule has 0 N–H and O–H groups in total. The largest absolute Gasteiger partial charge is 0.384 e. The van der Waals surface area contributed by atoms with Crippen molar-refractivity contribution in [3.8, 4) is 11.8 Å². The van der Waals surface area contributed by atoms with Gasteiger partial charge in [-0.2, -0.15) is 0 Å². The van der Waals surface area contributed by atoms with Crippen LogP contribution in [0, 0.1) is 18.8 Å². The number of aromatic nitrogens is 1. The third-order valence-electron chi connectivity index (χ3n) is 1.57. The van der Waals surface area contributed by atoms with Gasteiger partial charge in [-0.1, -0.05) is 21.9 Å². The number of methoxy groups -OCH3 is 1. The van der Waals surface area contributed by atoms with Crippen molar-refractivity contribution in [2.45, 2.75) is 13.3 Å². The molecule has 2 nitrogen and oxygen atoms in total. The number of pyridine rings is 1. The minimum absolute atomic E-state index is 0.667. The van der Waals surface area contributed by atoms with Crippen LogP contribution < -0.4 is 0 Å². The molecule has 0 aliphatic carbocycles. The monoisotopic (exact) mass is 253 g/mol. The summed E-state index contributed by atoms with van der Waals surface area (Å²) in [6, 6.07) is 3.87. The maximum Gasteiger partial charge on any atom is 0.114 e. The summed E-state index contributed by atoms with van der Waals surface area (Å²) in [6.07, 6.45) is 0.740. The van der Waals surface area contributed by atoms with Gasteiger partial charge < -0.3 is 4.74 Å². The van der Waals surface area contributed by atoms with Crippen LogP contribution >= 0.6 is 15.9 Å². The summed E-state index contributed by atoms with van der Waals surface area (Å²) in [7, 11) is 1.67. The lowest BCUT2D eigenvalue weighted by molar-refractivity contribution is 0.206. The number of halogens is 1. The van der Waals surface area contributed by atoms with E-state index in [2.05, 4.69) is 32.8 Å². The number of hydrogen-bond acceptors (Lipinski definition) is 2. The molecule has 0 unspecified atom stereocenters. The van der Waals surface area contributed by atoms with Gasteiger partial charge in [0.2, 0.25) is 0 Å². The summed E-state index contributed by atoms with van der Waals surface area (Å²) in [5.74, 6) is 5.99. The predicted octanol–water partition coefficient (Wildman–Crippen LogP) is 2.54. The zero-order chi connectivity index (χ0) is 10.4. The lowest BCUT2D eigenvalue weighted by Crippen LogP contribution is -1.88. The number of ether oxygens (including phenoxy) is 1. The second kappa shape index (κ2) is 5.79. The molecule has 0 aliphatic rings. The fourth-order valence-corrected chi connectivity index (χ4v) is 1.54. The Morgan fingerprint density at radius 3 is 2.93 bits per heavy atom. The Morgan fingerprint density at radius 1 is 1.50 bits per heavy atom. The van der Waals surface area contributed by atoms with Crippen LogP contribution in [-0.4, -0.2) is 18.7 Å². The minimum atomic E-state index is 0.667. The molecule has 1 aromatic heterocycles. The molecule has 0 atom stereocenters. The Hall–Kier alpha value is -0.850. The summed E-state index contributed by atoms with van der Waals surface area (Å²) in [5, 5.41) is 0. The van der Waals surface area contributed by atoms with Crippen molar-refractivity contribution >= 4 is 15.9 Å². The van der Waals surface area contributed by atoms with Crippen LogP contribution in [0.25, 0.3) is 0 Å². The highest BCUT2D eigenvalue weighted by Gasteiger charge is 1.93. The van der Waals surface area contributed by atoms with Crippen LogP contribution in [-0.2, 0) is 4.74 Å². The molecule has 0 radical (unpaired) electrons. The van der Waals surface area contributed by atoms with E-state index in [-0.39, 0.29) is 0 Å². The Morgan fingerprint density at radius 2 is 2.29 bits per heavy atom. The molecule has 0 saturated carbocycles. The Labute approximate surface area is 92.8 Å². The van der Waals surface area contributed by atoms with Crippen LogP contribution in [0.4, 0.5) is 0 Å². The molecule has 0 saturated heterocycles. The lowest BCUT2D eigenvalue weighted by atomic mass is 10.3. The molecule has 0 spiro atoms. The highest BCUT2D eigenvalue weighted by molar-refractivity contribution is 9.10. The third-order valence-corrected chi connectivity index (χ3v) is 2.02. The maximum atomic E-state index is 4.90. The topological polar surface area (TPSA) is 22.1 Å². The van der Waals surface area contributed by atoms with Crippen LogP contribution in [0.3, 0.4) is 0 Å². The first-order valence-electron chi connectivity index (χ1n) is 4.34. The zero-order valence-corrected chi connectivity index (χ0v) is 9.89. The van der Waals surface area contributed by atoms with E-state index >= 15 is 0 Å². The molecular formula is C11H12BrNO. The second-order valence-corrected chi connectivity index (χ2v) is 3.77. The van der Waals surface area contributed by atoms with Gasteiger partial charge in [0, 0.05) is 23.7 Å². The Balaban J connectivity index is 2.69. The first-order valence-corrected chi connectivity index (χ1v) is 5.13. The maximum absolute atomic E-state index is 4.90. The van der Waals surface area contributed by atoms with Gasteiger partial charge in [0.05, 0.1) is 6.61 Å². The molecule has 1 heterocycles. The molecule has 14 heavy (non-hydrogen) atoms. The van der Waals surface area contributed by atoms with E-state index < -0.39 is 0 Å². The summed E-state index contributed by atoms with van der Waals surface area (Å²) in [5.41, 5.74) is 1.77. The predicted molar refractivity (Wildman–Crippen MR) is 60.0 cm³/mol. The van der Waals surface area contributed by atoms with E-state index in [9.17, 15) is 0 Å². The average Bonchev–Trinajstić information content (AvgIpc) is 2.11. The quantitative estimate of drug-likeness (QED) is 0.597. The molecule has 0 aliphatic heterocycles. The zero-order valence-electron chi connectivity index (χ0n) is 8.30. The van der Waals surface area contributed by atoms with Crippen molar-refractivity contribution in [1.82, 2.24) is 4.98 Å². The van der Waals surface area contributed by atoms with E-state index in [0.717, 1.165) is 22.3 Å². The van der Waals surface area contributed by atoms with E-state index in [1.807, 2.05) is 19.1 Å². The molecule has 1 aromatic rings. The highest BCUT2D eigenvalue weighted by atomic mass is 79.9. The average molecular weight is 254 g/mol.